The van der Waals surface area contributed by atoms with Crippen LogP contribution < -0.4 is 0 Å². The minimum atomic E-state index is 0. The first-order valence-corrected chi connectivity index (χ1v) is 4.70. The Kier molecular flexibility index (Phi) is 7.39. The molecule has 0 saturated heterocycles. The van der Waals surface area contributed by atoms with Gasteiger partial charge < -0.3 is 0 Å². The predicted octanol–water partition coefficient (Wildman–Crippen LogP) is 4.22. The summed E-state index contributed by atoms with van der Waals surface area (Å²) in [6.07, 6.45) is 0. The van der Waals surface area contributed by atoms with Crippen molar-refractivity contribution in [1.29, 1.82) is 0 Å². The van der Waals surface area contributed by atoms with Crippen molar-refractivity contribution in [3.8, 4) is 0 Å². The van der Waals surface area contributed by atoms with Crippen LogP contribution in [0.25, 0.3) is 0 Å². The maximum absolute atomic E-state index is 5.46. The fourth-order valence-corrected chi connectivity index (χ4v) is 1.15. The largest absolute Gasteiger partial charge is 2.00 e. The van der Waals surface area contributed by atoms with Gasteiger partial charge >= 0.3 is 17.1 Å². The molecule has 70 valence electrons. The molecule has 0 atom stereocenters. The average molecular weight is 299 g/mol. The van der Waals surface area contributed by atoms with E-state index < -0.39 is 0 Å². The summed E-state index contributed by atoms with van der Waals surface area (Å²) in [5.74, 6) is 0. The monoisotopic (exact) mass is 298 g/mol. The van der Waals surface area contributed by atoms with Crippen LogP contribution in [0, 0.1) is 0 Å². The zero-order valence-electron chi connectivity index (χ0n) is 6.73. The Labute approximate surface area is 102 Å². The van der Waals surface area contributed by atoms with Crippen molar-refractivity contribution in [3.63, 3.8) is 0 Å². The van der Waals surface area contributed by atoms with E-state index in [0.717, 1.165) is 9.50 Å². The molecule has 2 aromatic rings. The molecule has 0 aliphatic rings. The molecule has 0 aliphatic heterocycles. The summed E-state index contributed by atoms with van der Waals surface area (Å²) in [5.41, 5.74) is 0. The molecule has 0 fully saturated rings. The molecule has 0 aromatic heterocycles. The van der Waals surface area contributed by atoms with Crippen LogP contribution in [0.4, 0.5) is 0 Å². The summed E-state index contributed by atoms with van der Waals surface area (Å²) in [7, 11) is 0. The van der Waals surface area contributed by atoms with Crippen molar-refractivity contribution in [3.05, 3.63) is 58.0 Å². The van der Waals surface area contributed by atoms with Gasteiger partial charge in [-0.3, -0.25) is 0 Å². The summed E-state index contributed by atoms with van der Waals surface area (Å²) in [5, 5.41) is 0.815. The van der Waals surface area contributed by atoms with E-state index >= 15 is 0 Å². The quantitative estimate of drug-likeness (QED) is 0.504. The topological polar surface area (TPSA) is 0 Å². The van der Waals surface area contributed by atoms with Gasteiger partial charge in [0.05, 0.1) is 0 Å². The van der Waals surface area contributed by atoms with Crippen LogP contribution in [0.2, 0.25) is 5.02 Å². The van der Waals surface area contributed by atoms with Gasteiger partial charge in [0.25, 0.3) is 0 Å². The molecule has 0 nitrogen and oxygen atoms in total. The molecule has 3 heteroatoms. The minimum Gasteiger partial charge on any atom is -0.213 e. The summed E-state index contributed by atoms with van der Waals surface area (Å²) < 4.78 is 1.16. The zero-order chi connectivity index (χ0) is 8.81. The molecular weight excluding hydrogens is 291 g/mol. The van der Waals surface area contributed by atoms with E-state index in [1.54, 1.807) is 0 Å². The van der Waals surface area contributed by atoms with Gasteiger partial charge in [0.15, 0.2) is 0 Å². The fourth-order valence-electron chi connectivity index (χ4n) is 0.701. The van der Waals surface area contributed by atoms with Crippen molar-refractivity contribution in [2.24, 2.45) is 0 Å². The van der Waals surface area contributed by atoms with Gasteiger partial charge in [0.1, 0.15) is 0 Å². The molecule has 0 radical (unpaired) electrons. The molecule has 0 heterocycles. The van der Waals surface area contributed by atoms with Crippen molar-refractivity contribution in [2.45, 2.75) is 0 Å². The Hall–Kier alpha value is -0.0105. The van der Waals surface area contributed by atoms with Gasteiger partial charge in [-0.25, -0.2) is 18.2 Å². The van der Waals surface area contributed by atoms with Crippen molar-refractivity contribution < 1.29 is 17.1 Å². The van der Waals surface area contributed by atoms with Gasteiger partial charge in [0.2, 0.25) is 0 Å². The van der Waals surface area contributed by atoms with Gasteiger partial charge in [-0.2, -0.15) is 41.9 Å². The van der Waals surface area contributed by atoms with Crippen LogP contribution in [0.5, 0.6) is 0 Å². The third-order valence-electron chi connectivity index (χ3n) is 1.24. The third-order valence-corrected chi connectivity index (χ3v) is 2.02. The van der Waals surface area contributed by atoms with Crippen LogP contribution in [-0.4, -0.2) is 0 Å². The van der Waals surface area contributed by atoms with Crippen LogP contribution >= 0.6 is 27.5 Å². The Morgan fingerprint density at radius 3 is 2.00 bits per heavy atom. The number of halogens is 2. The Bertz CT molecular complexity index is 254. The molecule has 2 rings (SSSR count). The number of hydrogen-bond acceptors (Lipinski definition) is 0. The van der Waals surface area contributed by atoms with E-state index in [1.807, 2.05) is 48.5 Å². The maximum Gasteiger partial charge on any atom is 2.00 e. The third kappa shape index (κ3) is 6.11. The molecule has 0 saturated carbocycles. The first kappa shape index (κ1) is 13.0. The maximum atomic E-state index is 5.46. The van der Waals surface area contributed by atoms with Crippen LogP contribution in [0.1, 0.15) is 0 Å². The second-order valence-corrected chi connectivity index (χ2v) is 3.56. The molecular formula is C10H8BrClFe. The van der Waals surface area contributed by atoms with Crippen LogP contribution in [-0.2, 0) is 17.1 Å². The van der Waals surface area contributed by atoms with E-state index in [9.17, 15) is 0 Å². The second-order valence-electron chi connectivity index (χ2n) is 2.21. The smallest absolute Gasteiger partial charge is 0.213 e. The molecule has 0 aliphatic carbocycles. The van der Waals surface area contributed by atoms with Crippen LogP contribution in [0.3, 0.4) is 0 Å². The normalized spacial score (nSPS) is 8.15. The summed E-state index contributed by atoms with van der Waals surface area (Å²) in [6.45, 7) is 0. The molecule has 0 amide bonds. The van der Waals surface area contributed by atoms with Gasteiger partial charge in [0, 0.05) is 0 Å². The van der Waals surface area contributed by atoms with Gasteiger partial charge in [-0.15, -0.1) is 4.47 Å². The standard InChI is InChI=1S/C5H4Br.C5H4Cl.Fe/c2*6-5-3-1-2-4-5;/h2*1-4H;/q2*-1;+2. The first-order chi connectivity index (χ1) is 5.79. The van der Waals surface area contributed by atoms with Crippen molar-refractivity contribution in [2.75, 3.05) is 0 Å². The number of hydrogen-bond donors (Lipinski definition) is 0. The Balaban J connectivity index is 0.000000206. The predicted molar refractivity (Wildman–Crippen MR) is 56.8 cm³/mol. The van der Waals surface area contributed by atoms with E-state index in [4.69, 9.17) is 11.6 Å². The molecule has 2 aromatic carbocycles. The second kappa shape index (κ2) is 7.40. The van der Waals surface area contributed by atoms with E-state index in [2.05, 4.69) is 15.9 Å². The van der Waals surface area contributed by atoms with Gasteiger partial charge in [-0.05, 0) is 0 Å². The van der Waals surface area contributed by atoms with E-state index in [0.29, 0.717) is 0 Å². The Morgan fingerprint density at radius 2 is 1.85 bits per heavy atom. The van der Waals surface area contributed by atoms with Crippen molar-refractivity contribution in [1.82, 2.24) is 0 Å². The molecule has 0 spiro atoms. The summed E-state index contributed by atoms with van der Waals surface area (Å²) in [6, 6.07) is 15.5. The summed E-state index contributed by atoms with van der Waals surface area (Å²) >= 11 is 8.74. The average Bonchev–Trinajstić information content (AvgIpc) is 2.63. The van der Waals surface area contributed by atoms with E-state index in [1.165, 1.54) is 0 Å². The zero-order valence-corrected chi connectivity index (χ0v) is 10.2. The Morgan fingerprint density at radius 1 is 1.23 bits per heavy atom. The minimum absolute atomic E-state index is 0. The first-order valence-electron chi connectivity index (χ1n) is 3.53. The van der Waals surface area contributed by atoms with Crippen LogP contribution in [0.15, 0.2) is 53.0 Å². The summed E-state index contributed by atoms with van der Waals surface area (Å²) in [4.78, 5) is 0. The fraction of sp³-hybridized carbons (Fsp3) is 0. The number of rotatable bonds is 0. The molecule has 13 heavy (non-hydrogen) atoms. The SMILES string of the molecule is Brc1ccc[cH-]1.Cl[c-]1cccc1.[Fe+2]. The van der Waals surface area contributed by atoms with E-state index in [-0.39, 0.29) is 17.1 Å². The molecule has 0 bridgehead atoms. The molecule has 0 N–H and O–H groups in total. The van der Waals surface area contributed by atoms with Gasteiger partial charge in [-0.1, -0.05) is 21.0 Å². The van der Waals surface area contributed by atoms with Crippen molar-refractivity contribution >= 4 is 27.5 Å². The molecule has 0 unspecified atom stereocenters.